The lowest BCUT2D eigenvalue weighted by molar-refractivity contribution is 0.0341. The minimum atomic E-state index is 0. The molecule has 2 heterocycles. The second-order valence-corrected chi connectivity index (χ2v) is 6.92. The molecule has 160 valence electrons. The number of hydrogen-bond acceptors (Lipinski definition) is 5. The molecule has 8 nitrogen and oxygen atoms in total. The van der Waals surface area contributed by atoms with Crippen molar-refractivity contribution in [3.63, 3.8) is 0 Å². The molecule has 0 radical (unpaired) electrons. The van der Waals surface area contributed by atoms with E-state index in [1.807, 2.05) is 11.6 Å². The molecule has 29 heavy (non-hydrogen) atoms. The van der Waals surface area contributed by atoms with E-state index in [0.717, 1.165) is 71.3 Å². The molecule has 0 amide bonds. The number of benzene rings is 1. The minimum absolute atomic E-state index is 0. The summed E-state index contributed by atoms with van der Waals surface area (Å²) < 4.78 is 7.45. The summed E-state index contributed by atoms with van der Waals surface area (Å²) in [5, 5.41) is 14.5. The van der Waals surface area contributed by atoms with Gasteiger partial charge in [0.15, 0.2) is 5.96 Å². The Morgan fingerprint density at radius 2 is 1.79 bits per heavy atom. The van der Waals surface area contributed by atoms with Crippen LogP contribution in [0.1, 0.15) is 24.0 Å². The Balaban J connectivity index is 0.00000300. The van der Waals surface area contributed by atoms with E-state index in [-0.39, 0.29) is 24.0 Å². The molecule has 0 bridgehead atoms. The first-order valence-corrected chi connectivity index (χ1v) is 9.99. The molecule has 1 aliphatic rings. The van der Waals surface area contributed by atoms with Crippen molar-refractivity contribution < 1.29 is 4.74 Å². The third-order valence-corrected chi connectivity index (χ3v) is 4.89. The largest absolute Gasteiger partial charge is 0.379 e. The number of aliphatic imine (C=N–C) groups is 1. The Hall–Kier alpha value is -1.72. The van der Waals surface area contributed by atoms with Crippen LogP contribution in [-0.2, 0) is 24.4 Å². The molecule has 9 heteroatoms. The fourth-order valence-corrected chi connectivity index (χ4v) is 3.25. The molecule has 1 aliphatic heterocycles. The van der Waals surface area contributed by atoms with Crippen LogP contribution in [0.15, 0.2) is 41.9 Å². The molecule has 0 saturated carbocycles. The van der Waals surface area contributed by atoms with Gasteiger partial charge in [-0.3, -0.25) is 9.89 Å². The number of rotatable bonds is 9. The van der Waals surface area contributed by atoms with Gasteiger partial charge in [-0.25, -0.2) is 0 Å². The minimum Gasteiger partial charge on any atom is -0.379 e. The molecule has 1 saturated heterocycles. The van der Waals surface area contributed by atoms with Crippen LogP contribution in [0.5, 0.6) is 0 Å². The molecular weight excluding hydrogens is 481 g/mol. The summed E-state index contributed by atoms with van der Waals surface area (Å²) in [5.74, 6) is 0.838. The first kappa shape index (κ1) is 23.6. The van der Waals surface area contributed by atoms with Crippen molar-refractivity contribution in [2.75, 3.05) is 39.9 Å². The van der Waals surface area contributed by atoms with Gasteiger partial charge < -0.3 is 19.9 Å². The van der Waals surface area contributed by atoms with Gasteiger partial charge in [0, 0.05) is 46.3 Å². The second-order valence-electron chi connectivity index (χ2n) is 6.92. The van der Waals surface area contributed by atoms with Crippen LogP contribution >= 0.6 is 24.0 Å². The third-order valence-electron chi connectivity index (χ3n) is 4.89. The normalized spacial score (nSPS) is 15.0. The van der Waals surface area contributed by atoms with E-state index in [2.05, 4.69) is 55.0 Å². The highest BCUT2D eigenvalue weighted by Gasteiger charge is 2.12. The van der Waals surface area contributed by atoms with Gasteiger partial charge in [0.1, 0.15) is 12.7 Å². The number of morpholine rings is 1. The number of nitrogens with one attached hydrogen (secondary N) is 2. The Morgan fingerprint density at radius 1 is 1.07 bits per heavy atom. The van der Waals surface area contributed by atoms with Crippen molar-refractivity contribution >= 4 is 29.9 Å². The average molecular weight is 513 g/mol. The molecule has 0 aliphatic carbocycles. The predicted molar refractivity (Wildman–Crippen MR) is 125 cm³/mol. The molecule has 1 aromatic carbocycles. The number of nitrogens with zero attached hydrogens (tertiary/aromatic N) is 5. The summed E-state index contributed by atoms with van der Waals surface area (Å²) >= 11 is 0. The van der Waals surface area contributed by atoms with E-state index in [0.29, 0.717) is 0 Å². The number of hydrogen-bond donors (Lipinski definition) is 2. The lowest BCUT2D eigenvalue weighted by atomic mass is 10.1. The second kappa shape index (κ2) is 13.5. The first-order chi connectivity index (χ1) is 13.8. The highest BCUT2D eigenvalue weighted by Crippen LogP contribution is 2.13. The van der Waals surface area contributed by atoms with Gasteiger partial charge in [0.2, 0.25) is 0 Å². The van der Waals surface area contributed by atoms with Crippen molar-refractivity contribution in [1.29, 1.82) is 0 Å². The lowest BCUT2D eigenvalue weighted by Gasteiger charge is -2.27. The monoisotopic (exact) mass is 513 g/mol. The van der Waals surface area contributed by atoms with Gasteiger partial charge in [-0.15, -0.1) is 34.2 Å². The molecule has 2 aromatic rings. The van der Waals surface area contributed by atoms with Crippen LogP contribution in [0.4, 0.5) is 0 Å². The van der Waals surface area contributed by atoms with Crippen molar-refractivity contribution in [2.45, 2.75) is 32.5 Å². The average Bonchev–Trinajstić information content (AvgIpc) is 3.25. The molecule has 0 unspecified atom stereocenters. The van der Waals surface area contributed by atoms with Gasteiger partial charge in [0.05, 0.1) is 13.2 Å². The van der Waals surface area contributed by atoms with Gasteiger partial charge in [-0.1, -0.05) is 24.3 Å². The number of aryl methyl sites for hydroxylation is 1. The summed E-state index contributed by atoms with van der Waals surface area (Å²) in [5.41, 5.74) is 2.67. The van der Waals surface area contributed by atoms with Crippen molar-refractivity contribution in [3.05, 3.63) is 48.0 Å². The number of halogens is 1. The Morgan fingerprint density at radius 3 is 2.52 bits per heavy atom. The quantitative estimate of drug-likeness (QED) is 0.231. The third kappa shape index (κ3) is 8.27. The molecule has 3 rings (SSSR count). The Kier molecular flexibility index (Phi) is 11.0. The smallest absolute Gasteiger partial charge is 0.191 e. The van der Waals surface area contributed by atoms with Gasteiger partial charge >= 0.3 is 0 Å². The van der Waals surface area contributed by atoms with Crippen LogP contribution in [0.25, 0.3) is 0 Å². The zero-order valence-corrected chi connectivity index (χ0v) is 19.4. The predicted octanol–water partition coefficient (Wildman–Crippen LogP) is 1.87. The highest BCUT2D eigenvalue weighted by atomic mass is 127. The van der Waals surface area contributed by atoms with Gasteiger partial charge in [0.25, 0.3) is 0 Å². The van der Waals surface area contributed by atoms with E-state index >= 15 is 0 Å². The number of aromatic nitrogens is 3. The topological polar surface area (TPSA) is 79.6 Å². The number of guanidine groups is 1. The zero-order chi connectivity index (χ0) is 19.4. The maximum atomic E-state index is 5.45. The molecule has 2 N–H and O–H groups in total. The van der Waals surface area contributed by atoms with E-state index in [1.165, 1.54) is 11.1 Å². The highest BCUT2D eigenvalue weighted by molar-refractivity contribution is 14.0. The van der Waals surface area contributed by atoms with Crippen LogP contribution in [0.3, 0.4) is 0 Å². The van der Waals surface area contributed by atoms with Crippen LogP contribution in [0, 0.1) is 0 Å². The zero-order valence-electron chi connectivity index (χ0n) is 17.1. The molecule has 0 spiro atoms. The summed E-state index contributed by atoms with van der Waals surface area (Å²) in [6.45, 7) is 7.22. The van der Waals surface area contributed by atoms with E-state index in [1.54, 1.807) is 12.7 Å². The van der Waals surface area contributed by atoms with Crippen molar-refractivity contribution in [3.8, 4) is 0 Å². The van der Waals surface area contributed by atoms with Gasteiger partial charge in [-0.05, 0) is 24.0 Å². The molecule has 1 aromatic heterocycles. The fourth-order valence-electron chi connectivity index (χ4n) is 3.25. The van der Waals surface area contributed by atoms with E-state index in [4.69, 9.17) is 4.74 Å². The standard InChI is InChI=1S/C20H31N7O.HI/c1-21-20(22-8-4-5-9-27-16-24-25-17-27)23-14-18-6-2-3-7-19(18)15-26-10-12-28-13-11-26;/h2-3,6-7,16-17H,4-5,8-15H2,1H3,(H2,21,22,23);1H. The summed E-state index contributed by atoms with van der Waals surface area (Å²) in [7, 11) is 1.81. The first-order valence-electron chi connectivity index (χ1n) is 9.99. The Bertz CT molecular complexity index is 717. The maximum Gasteiger partial charge on any atom is 0.191 e. The number of unbranched alkanes of at least 4 members (excludes halogenated alkanes) is 1. The van der Waals surface area contributed by atoms with Crippen molar-refractivity contribution in [1.82, 2.24) is 30.3 Å². The summed E-state index contributed by atoms with van der Waals surface area (Å²) in [6, 6.07) is 8.62. The molecule has 1 fully saturated rings. The van der Waals surface area contributed by atoms with Gasteiger partial charge in [-0.2, -0.15) is 0 Å². The lowest BCUT2D eigenvalue weighted by Crippen LogP contribution is -2.38. The molecule has 0 atom stereocenters. The Labute approximate surface area is 190 Å². The summed E-state index contributed by atoms with van der Waals surface area (Å²) in [6.07, 6.45) is 5.64. The summed E-state index contributed by atoms with van der Waals surface area (Å²) in [4.78, 5) is 6.79. The van der Waals surface area contributed by atoms with Crippen LogP contribution in [-0.4, -0.2) is 65.5 Å². The SMILES string of the molecule is CN=C(NCCCCn1cnnc1)NCc1ccccc1CN1CCOCC1.I. The van der Waals surface area contributed by atoms with E-state index in [9.17, 15) is 0 Å². The maximum absolute atomic E-state index is 5.45. The van der Waals surface area contributed by atoms with Crippen LogP contribution in [0.2, 0.25) is 0 Å². The van der Waals surface area contributed by atoms with Crippen LogP contribution < -0.4 is 10.6 Å². The van der Waals surface area contributed by atoms with Crippen molar-refractivity contribution in [2.24, 2.45) is 4.99 Å². The molecular formula is C20H32IN7O. The fraction of sp³-hybridized carbons (Fsp3) is 0.550. The number of ether oxygens (including phenoxy) is 1. The van der Waals surface area contributed by atoms with E-state index < -0.39 is 0 Å².